The minimum absolute atomic E-state index is 0.0229. The van der Waals surface area contributed by atoms with Crippen LogP contribution >= 0.6 is 0 Å². The molecule has 2 heterocycles. The second-order valence-electron chi connectivity index (χ2n) is 7.51. The molecule has 0 spiro atoms. The summed E-state index contributed by atoms with van der Waals surface area (Å²) in [6, 6.07) is 22.2. The van der Waals surface area contributed by atoms with Crippen LogP contribution in [0.5, 0.6) is 11.5 Å². The van der Waals surface area contributed by atoms with Gasteiger partial charge in [0.25, 0.3) is 11.8 Å². The molecule has 35 heavy (non-hydrogen) atoms. The Balaban J connectivity index is 1.46. The van der Waals surface area contributed by atoms with Crippen LogP contribution in [0.2, 0.25) is 0 Å². The molecule has 3 aromatic rings. The molecule has 1 saturated heterocycles. The fraction of sp³-hybridized carbons (Fsp3) is 0.0800. The van der Waals surface area contributed by atoms with Crippen LogP contribution in [0.3, 0.4) is 0 Å². The first-order valence-electron chi connectivity index (χ1n) is 10.6. The van der Waals surface area contributed by atoms with Crippen LogP contribution < -0.4 is 20.3 Å². The van der Waals surface area contributed by atoms with Gasteiger partial charge in [0, 0.05) is 16.7 Å². The van der Waals surface area contributed by atoms with Gasteiger partial charge in [-0.3, -0.25) is 15.0 Å². The van der Waals surface area contributed by atoms with Crippen molar-refractivity contribution in [2.75, 3.05) is 6.79 Å². The standard InChI is InChI=1S/C25H19N5O5/c26-23-21(28-30-25(32)16-9-5-2-6-10-16)20(27-29-24(31)15-7-3-1-4-8-15)22(35-23)17-11-12-18-19(13-17)34-14-33-18/h1-13,22,26H,14H2,(H,29,31)(H,30,32)/b26-23?,27-20+,28-21+/t22-/m1/s1. The van der Waals surface area contributed by atoms with Gasteiger partial charge in [0.05, 0.1) is 0 Å². The summed E-state index contributed by atoms with van der Waals surface area (Å²) < 4.78 is 16.5. The lowest BCUT2D eigenvalue weighted by Crippen LogP contribution is -2.27. The SMILES string of the molecule is N=C1O[C@H](c2ccc3c(c2)OCO3)C(=N/NC(=O)c2ccccc2)/C1=N\NC(=O)c1ccccc1. The minimum Gasteiger partial charge on any atom is -0.461 e. The molecule has 0 radical (unpaired) electrons. The van der Waals surface area contributed by atoms with E-state index in [9.17, 15) is 9.59 Å². The Morgan fingerprint density at radius 3 is 2.06 bits per heavy atom. The Morgan fingerprint density at radius 1 is 0.800 bits per heavy atom. The second kappa shape index (κ2) is 9.48. The smallest absolute Gasteiger partial charge is 0.271 e. The van der Waals surface area contributed by atoms with Gasteiger partial charge >= 0.3 is 0 Å². The van der Waals surface area contributed by atoms with Gasteiger partial charge in [-0.15, -0.1) is 0 Å². The second-order valence-corrected chi connectivity index (χ2v) is 7.51. The predicted molar refractivity (Wildman–Crippen MR) is 127 cm³/mol. The summed E-state index contributed by atoms with van der Waals surface area (Å²) in [4.78, 5) is 25.1. The number of fused-ring (bicyclic) bond motifs is 1. The molecule has 10 nitrogen and oxygen atoms in total. The van der Waals surface area contributed by atoms with Crippen molar-refractivity contribution in [2.45, 2.75) is 6.10 Å². The number of carbonyl (C=O) groups excluding carboxylic acids is 2. The van der Waals surface area contributed by atoms with Crippen LogP contribution in [0.4, 0.5) is 0 Å². The predicted octanol–water partition coefficient (Wildman–Crippen LogP) is 3.04. The van der Waals surface area contributed by atoms with Gasteiger partial charge in [0.2, 0.25) is 12.7 Å². The molecule has 5 rings (SSSR count). The topological polar surface area (TPSA) is 134 Å². The van der Waals surface area contributed by atoms with Crippen molar-refractivity contribution in [3.8, 4) is 11.5 Å². The number of rotatable bonds is 5. The van der Waals surface area contributed by atoms with Crippen molar-refractivity contribution in [3.63, 3.8) is 0 Å². The molecule has 0 aliphatic carbocycles. The average Bonchev–Trinajstić information content (AvgIpc) is 3.50. The Kier molecular flexibility index (Phi) is 5.91. The highest BCUT2D eigenvalue weighted by atomic mass is 16.7. The summed E-state index contributed by atoms with van der Waals surface area (Å²) in [5.74, 6) is -0.123. The number of ether oxygens (including phenoxy) is 3. The lowest BCUT2D eigenvalue weighted by atomic mass is 10.0. The van der Waals surface area contributed by atoms with E-state index >= 15 is 0 Å². The van der Waals surface area contributed by atoms with Crippen LogP contribution in [0.15, 0.2) is 89.1 Å². The zero-order valence-corrected chi connectivity index (χ0v) is 18.2. The average molecular weight is 469 g/mol. The van der Waals surface area contributed by atoms with E-state index in [1.807, 2.05) is 0 Å². The maximum atomic E-state index is 12.6. The van der Waals surface area contributed by atoms with Gasteiger partial charge < -0.3 is 14.2 Å². The van der Waals surface area contributed by atoms with Gasteiger partial charge in [-0.2, -0.15) is 10.2 Å². The monoisotopic (exact) mass is 469 g/mol. The molecule has 1 fully saturated rings. The highest BCUT2D eigenvalue weighted by Crippen LogP contribution is 2.36. The molecule has 0 saturated carbocycles. The molecule has 2 aliphatic rings. The molecule has 1 atom stereocenters. The highest BCUT2D eigenvalue weighted by molar-refractivity contribution is 6.69. The maximum absolute atomic E-state index is 12.6. The summed E-state index contributed by atoms with van der Waals surface area (Å²) in [7, 11) is 0. The summed E-state index contributed by atoms with van der Waals surface area (Å²) in [5, 5.41) is 16.6. The van der Waals surface area contributed by atoms with E-state index in [2.05, 4.69) is 21.1 Å². The highest BCUT2D eigenvalue weighted by Gasteiger charge is 2.38. The summed E-state index contributed by atoms with van der Waals surface area (Å²) in [6.45, 7) is 0.104. The van der Waals surface area contributed by atoms with Crippen LogP contribution in [0.25, 0.3) is 0 Å². The molecule has 0 aromatic heterocycles. The number of benzene rings is 3. The van der Waals surface area contributed by atoms with Gasteiger partial charge in [0.1, 0.15) is 5.71 Å². The van der Waals surface area contributed by atoms with E-state index in [-0.39, 0.29) is 24.1 Å². The zero-order valence-electron chi connectivity index (χ0n) is 18.2. The first-order chi connectivity index (χ1) is 17.1. The Labute approximate surface area is 199 Å². The first-order valence-corrected chi connectivity index (χ1v) is 10.6. The number of nitrogens with one attached hydrogen (secondary N) is 3. The number of carbonyl (C=O) groups is 2. The van der Waals surface area contributed by atoms with Crippen molar-refractivity contribution >= 4 is 29.1 Å². The van der Waals surface area contributed by atoms with Gasteiger partial charge in [-0.05, 0) is 36.4 Å². The van der Waals surface area contributed by atoms with E-state index in [4.69, 9.17) is 19.6 Å². The minimum atomic E-state index is -0.875. The van der Waals surface area contributed by atoms with Crippen LogP contribution in [-0.4, -0.2) is 35.9 Å². The molecular formula is C25H19N5O5. The van der Waals surface area contributed by atoms with E-state index in [0.29, 0.717) is 28.2 Å². The van der Waals surface area contributed by atoms with Crippen molar-refractivity contribution in [2.24, 2.45) is 10.2 Å². The number of hydrogen-bond donors (Lipinski definition) is 3. The fourth-order valence-corrected chi connectivity index (χ4v) is 3.52. The molecule has 3 N–H and O–H groups in total. The van der Waals surface area contributed by atoms with Crippen molar-refractivity contribution in [3.05, 3.63) is 95.6 Å². The summed E-state index contributed by atoms with van der Waals surface area (Å²) in [5.41, 5.74) is 6.43. The Bertz CT molecular complexity index is 1360. The number of hydrazone groups is 2. The van der Waals surface area contributed by atoms with E-state index in [1.54, 1.807) is 78.9 Å². The Hall–Kier alpha value is -4.99. The molecule has 174 valence electrons. The third-order valence-electron chi connectivity index (χ3n) is 5.26. The lowest BCUT2D eigenvalue weighted by molar-refractivity contribution is 0.0946. The Morgan fingerprint density at radius 2 is 1.40 bits per heavy atom. The summed E-state index contributed by atoms with van der Waals surface area (Å²) in [6.07, 6.45) is -0.875. The molecule has 3 aromatic carbocycles. The third kappa shape index (κ3) is 4.58. The van der Waals surface area contributed by atoms with Gasteiger partial charge in [-0.25, -0.2) is 10.9 Å². The largest absolute Gasteiger partial charge is 0.461 e. The van der Waals surface area contributed by atoms with Crippen LogP contribution in [0.1, 0.15) is 32.4 Å². The first kappa shape index (κ1) is 21.8. The van der Waals surface area contributed by atoms with Gasteiger partial charge in [0.15, 0.2) is 23.3 Å². The quantitative estimate of drug-likeness (QED) is 0.494. The number of nitrogens with zero attached hydrogens (tertiary/aromatic N) is 2. The summed E-state index contributed by atoms with van der Waals surface area (Å²) >= 11 is 0. The number of hydrogen-bond acceptors (Lipinski definition) is 8. The fourth-order valence-electron chi connectivity index (χ4n) is 3.52. The van der Waals surface area contributed by atoms with Crippen LogP contribution in [-0.2, 0) is 4.74 Å². The van der Waals surface area contributed by atoms with Crippen molar-refractivity contribution in [1.29, 1.82) is 5.41 Å². The van der Waals surface area contributed by atoms with E-state index in [1.165, 1.54) is 0 Å². The van der Waals surface area contributed by atoms with Crippen LogP contribution in [0, 0.1) is 5.41 Å². The van der Waals surface area contributed by atoms with Gasteiger partial charge in [-0.1, -0.05) is 42.5 Å². The molecule has 10 heteroatoms. The molecule has 0 unspecified atom stereocenters. The van der Waals surface area contributed by atoms with E-state index < -0.39 is 17.9 Å². The van der Waals surface area contributed by atoms with Crippen molar-refractivity contribution < 1.29 is 23.8 Å². The van der Waals surface area contributed by atoms with E-state index in [0.717, 1.165) is 0 Å². The normalized spacial score (nSPS) is 18.4. The van der Waals surface area contributed by atoms with Crippen molar-refractivity contribution in [1.82, 2.24) is 10.9 Å². The zero-order chi connectivity index (χ0) is 24.2. The molecular weight excluding hydrogens is 450 g/mol. The number of amides is 2. The lowest BCUT2D eigenvalue weighted by Gasteiger charge is -2.11. The maximum Gasteiger partial charge on any atom is 0.271 e. The molecule has 2 aliphatic heterocycles. The third-order valence-corrected chi connectivity index (χ3v) is 5.26. The molecule has 2 amide bonds. The molecule has 0 bridgehead atoms.